The van der Waals surface area contributed by atoms with Gasteiger partial charge in [0.15, 0.2) is 0 Å². The molecule has 0 unspecified atom stereocenters. The van der Waals surface area contributed by atoms with Crippen LogP contribution < -0.4 is 15.5 Å². The second kappa shape index (κ2) is 8.13. The van der Waals surface area contributed by atoms with E-state index >= 15 is 0 Å². The molecule has 0 fully saturated rings. The van der Waals surface area contributed by atoms with E-state index in [0.717, 1.165) is 13.0 Å². The fraction of sp³-hybridized carbons (Fsp3) is 0.667. The third kappa shape index (κ3) is 5.25. The molecule has 0 aromatic carbocycles. The molecule has 1 aromatic heterocycles. The lowest BCUT2D eigenvalue weighted by atomic mass is 10.4. The molecule has 0 aliphatic carbocycles. The van der Waals surface area contributed by atoms with Crippen LogP contribution in [0.5, 0.6) is 0 Å². The van der Waals surface area contributed by atoms with E-state index in [0.29, 0.717) is 24.4 Å². The minimum absolute atomic E-state index is 0.261. The number of carbonyl (C=O) groups excluding carboxylic acids is 1. The minimum atomic E-state index is -0.274. The van der Waals surface area contributed by atoms with Crippen LogP contribution in [-0.4, -0.2) is 55.2 Å². The Balaban J connectivity index is 2.72. The number of carbonyl (C=O) groups is 1. The monoisotopic (exact) mass is 282 g/mol. The van der Waals surface area contributed by atoms with Crippen molar-refractivity contribution in [3.8, 4) is 0 Å². The second-order valence-electron chi connectivity index (χ2n) is 4.36. The molecule has 1 aromatic rings. The van der Waals surface area contributed by atoms with Crippen molar-refractivity contribution in [1.82, 2.24) is 15.0 Å². The van der Waals surface area contributed by atoms with Crippen molar-refractivity contribution < 1.29 is 9.53 Å². The van der Waals surface area contributed by atoms with Gasteiger partial charge in [-0.2, -0.15) is 15.0 Å². The Hall–Kier alpha value is -2.12. The topological polar surface area (TPSA) is 92.3 Å². The Morgan fingerprint density at radius 3 is 2.25 bits per heavy atom. The first-order valence-electron chi connectivity index (χ1n) is 6.54. The van der Waals surface area contributed by atoms with Gasteiger partial charge in [-0.25, -0.2) is 0 Å². The fourth-order valence-corrected chi connectivity index (χ4v) is 1.34. The summed E-state index contributed by atoms with van der Waals surface area (Å²) < 4.78 is 4.57. The van der Waals surface area contributed by atoms with E-state index in [9.17, 15) is 4.79 Å². The van der Waals surface area contributed by atoms with Gasteiger partial charge in [0.25, 0.3) is 0 Å². The number of aromatic nitrogens is 3. The Kier molecular flexibility index (Phi) is 6.48. The second-order valence-corrected chi connectivity index (χ2v) is 4.36. The maximum absolute atomic E-state index is 11.0. The number of ether oxygens (including phenoxy) is 1. The van der Waals surface area contributed by atoms with Crippen LogP contribution in [0.4, 0.5) is 17.8 Å². The number of nitrogens with one attached hydrogen (secondary N) is 2. The number of hydrogen-bond acceptors (Lipinski definition) is 8. The first-order chi connectivity index (χ1) is 9.56. The number of nitrogens with zero attached hydrogens (tertiary/aromatic N) is 4. The van der Waals surface area contributed by atoms with Gasteiger partial charge in [0.2, 0.25) is 17.8 Å². The molecule has 1 heterocycles. The first-order valence-corrected chi connectivity index (χ1v) is 6.54. The summed E-state index contributed by atoms with van der Waals surface area (Å²) in [6.07, 6.45) is 1.24. The maximum Gasteiger partial charge on any atom is 0.307 e. The molecular formula is C12H22N6O2. The van der Waals surface area contributed by atoms with Gasteiger partial charge in [-0.3, -0.25) is 4.79 Å². The zero-order valence-electron chi connectivity index (χ0n) is 12.4. The van der Waals surface area contributed by atoms with Crippen LogP contribution in [0.15, 0.2) is 0 Å². The van der Waals surface area contributed by atoms with Crippen LogP contribution in [0.2, 0.25) is 0 Å². The summed E-state index contributed by atoms with van der Waals surface area (Å²) in [5.74, 6) is 1.24. The standard InChI is InChI=1S/C12H22N6O2/c1-5-7-13-10-15-11(14-8-6-9(19)20-4)17-12(16-10)18(2)3/h5-8H2,1-4H3,(H2,13,14,15,16,17). The largest absolute Gasteiger partial charge is 0.469 e. The molecule has 0 aliphatic heterocycles. The maximum atomic E-state index is 11.0. The number of esters is 1. The summed E-state index contributed by atoms with van der Waals surface area (Å²) >= 11 is 0. The van der Waals surface area contributed by atoms with Crippen molar-refractivity contribution in [3.63, 3.8) is 0 Å². The number of anilines is 3. The molecule has 8 nitrogen and oxygen atoms in total. The predicted molar refractivity (Wildman–Crippen MR) is 78.1 cm³/mol. The third-order valence-electron chi connectivity index (χ3n) is 2.40. The van der Waals surface area contributed by atoms with Crippen LogP contribution >= 0.6 is 0 Å². The summed E-state index contributed by atoms with van der Waals surface area (Å²) in [7, 11) is 5.08. The van der Waals surface area contributed by atoms with E-state index in [-0.39, 0.29) is 12.4 Å². The van der Waals surface area contributed by atoms with Crippen molar-refractivity contribution in [2.24, 2.45) is 0 Å². The number of rotatable bonds is 8. The quantitative estimate of drug-likeness (QED) is 0.674. The van der Waals surface area contributed by atoms with Gasteiger partial charge < -0.3 is 20.3 Å². The smallest absolute Gasteiger partial charge is 0.307 e. The summed E-state index contributed by atoms with van der Waals surface area (Å²) in [6, 6.07) is 0. The van der Waals surface area contributed by atoms with Gasteiger partial charge in [-0.15, -0.1) is 0 Å². The Bertz CT molecular complexity index is 438. The number of methoxy groups -OCH3 is 1. The molecular weight excluding hydrogens is 260 g/mol. The van der Waals surface area contributed by atoms with E-state index in [2.05, 4.69) is 37.2 Å². The highest BCUT2D eigenvalue weighted by molar-refractivity contribution is 5.69. The highest BCUT2D eigenvalue weighted by atomic mass is 16.5. The van der Waals surface area contributed by atoms with Gasteiger partial charge in [0.1, 0.15) is 0 Å². The van der Waals surface area contributed by atoms with Gasteiger partial charge in [-0.05, 0) is 6.42 Å². The lowest BCUT2D eigenvalue weighted by molar-refractivity contribution is -0.140. The van der Waals surface area contributed by atoms with Crippen LogP contribution in [0.3, 0.4) is 0 Å². The SMILES string of the molecule is CCCNc1nc(NCCC(=O)OC)nc(N(C)C)n1. The number of hydrogen-bond donors (Lipinski definition) is 2. The highest BCUT2D eigenvalue weighted by Crippen LogP contribution is 2.11. The van der Waals surface area contributed by atoms with Gasteiger partial charge in [0.05, 0.1) is 13.5 Å². The average molecular weight is 282 g/mol. The summed E-state index contributed by atoms with van der Waals surface area (Å²) in [6.45, 7) is 3.27. The normalized spacial score (nSPS) is 10.0. The van der Waals surface area contributed by atoms with E-state index in [1.165, 1.54) is 7.11 Å². The molecule has 20 heavy (non-hydrogen) atoms. The zero-order valence-corrected chi connectivity index (χ0v) is 12.4. The van der Waals surface area contributed by atoms with Crippen LogP contribution in [0.25, 0.3) is 0 Å². The van der Waals surface area contributed by atoms with Crippen molar-refractivity contribution in [1.29, 1.82) is 0 Å². The zero-order chi connectivity index (χ0) is 15.0. The Labute approximate surface area is 119 Å². The molecule has 0 aliphatic rings. The molecule has 0 spiro atoms. The van der Waals surface area contributed by atoms with Gasteiger partial charge in [-0.1, -0.05) is 6.92 Å². The molecule has 0 amide bonds. The summed E-state index contributed by atoms with van der Waals surface area (Å²) in [5.41, 5.74) is 0. The molecule has 0 radical (unpaired) electrons. The molecule has 8 heteroatoms. The lowest BCUT2D eigenvalue weighted by Gasteiger charge is -2.13. The highest BCUT2D eigenvalue weighted by Gasteiger charge is 2.08. The summed E-state index contributed by atoms with van der Waals surface area (Å²) in [5, 5.41) is 6.11. The van der Waals surface area contributed by atoms with E-state index in [1.807, 2.05) is 14.1 Å². The molecule has 0 saturated carbocycles. The molecule has 0 bridgehead atoms. The molecule has 2 N–H and O–H groups in total. The predicted octanol–water partition coefficient (Wildman–Crippen LogP) is 0.734. The van der Waals surface area contributed by atoms with Gasteiger partial charge >= 0.3 is 5.97 Å². The molecule has 0 saturated heterocycles. The van der Waals surface area contributed by atoms with Crippen LogP contribution in [0, 0.1) is 0 Å². The van der Waals surface area contributed by atoms with E-state index in [4.69, 9.17) is 0 Å². The summed E-state index contributed by atoms with van der Waals surface area (Å²) in [4.78, 5) is 25.7. The first kappa shape index (κ1) is 15.9. The van der Waals surface area contributed by atoms with Crippen molar-refractivity contribution in [2.75, 3.05) is 49.8 Å². The molecule has 112 valence electrons. The van der Waals surface area contributed by atoms with E-state index in [1.54, 1.807) is 4.90 Å². The lowest BCUT2D eigenvalue weighted by Crippen LogP contribution is -2.18. The fourth-order valence-electron chi connectivity index (χ4n) is 1.34. The molecule has 1 rings (SSSR count). The van der Waals surface area contributed by atoms with Crippen LogP contribution in [-0.2, 0) is 9.53 Å². The molecule has 0 atom stereocenters. The Morgan fingerprint density at radius 1 is 1.15 bits per heavy atom. The third-order valence-corrected chi connectivity index (χ3v) is 2.40. The van der Waals surface area contributed by atoms with Gasteiger partial charge in [0, 0.05) is 27.2 Å². The van der Waals surface area contributed by atoms with Crippen molar-refractivity contribution in [2.45, 2.75) is 19.8 Å². The Morgan fingerprint density at radius 2 is 1.75 bits per heavy atom. The minimum Gasteiger partial charge on any atom is -0.469 e. The van der Waals surface area contributed by atoms with Crippen LogP contribution in [0.1, 0.15) is 19.8 Å². The average Bonchev–Trinajstić information content (AvgIpc) is 2.44. The van der Waals surface area contributed by atoms with Crippen molar-refractivity contribution >= 4 is 23.8 Å². The van der Waals surface area contributed by atoms with E-state index < -0.39 is 0 Å². The van der Waals surface area contributed by atoms with Crippen molar-refractivity contribution in [3.05, 3.63) is 0 Å².